The Kier molecular flexibility index (Phi) is 5.60. The molecule has 0 aromatic heterocycles. The van der Waals surface area contributed by atoms with Crippen LogP contribution in [-0.2, 0) is 9.59 Å². The van der Waals surface area contributed by atoms with Gasteiger partial charge >= 0.3 is 6.03 Å². The average molecular weight is 393 g/mol. The SMILES string of the molecule is CC[C@H](C)[C@@H]1NC(=O)[C@@H]2C[C@H](NC(=O)Nc3ccc(Cl)cc3C)CN2C1=O. The highest BCUT2D eigenvalue weighted by atomic mass is 35.5. The molecule has 3 N–H and O–H groups in total. The Hall–Kier alpha value is -2.28. The van der Waals surface area contributed by atoms with E-state index < -0.39 is 12.1 Å². The quantitative estimate of drug-likeness (QED) is 0.734. The number of carbonyl (C=O) groups is 3. The number of urea groups is 1. The molecule has 8 heteroatoms. The largest absolute Gasteiger partial charge is 0.342 e. The molecule has 3 rings (SSSR count). The fourth-order valence-electron chi connectivity index (χ4n) is 3.65. The summed E-state index contributed by atoms with van der Waals surface area (Å²) in [6.45, 7) is 6.15. The lowest BCUT2D eigenvalue weighted by Gasteiger charge is -2.36. The van der Waals surface area contributed by atoms with Crippen LogP contribution in [0.25, 0.3) is 0 Å². The minimum absolute atomic E-state index is 0.0628. The van der Waals surface area contributed by atoms with Gasteiger partial charge in [0.1, 0.15) is 12.1 Å². The molecule has 0 bridgehead atoms. The van der Waals surface area contributed by atoms with Gasteiger partial charge in [0.25, 0.3) is 0 Å². The van der Waals surface area contributed by atoms with Gasteiger partial charge in [-0.25, -0.2) is 4.79 Å². The topological polar surface area (TPSA) is 90.5 Å². The Morgan fingerprint density at radius 3 is 2.81 bits per heavy atom. The van der Waals surface area contributed by atoms with Crippen molar-refractivity contribution in [3.05, 3.63) is 28.8 Å². The molecular weight excluding hydrogens is 368 g/mol. The molecule has 4 amide bonds. The summed E-state index contributed by atoms with van der Waals surface area (Å²) in [4.78, 5) is 39.1. The van der Waals surface area contributed by atoms with Crippen LogP contribution in [0.1, 0.15) is 32.3 Å². The fourth-order valence-corrected chi connectivity index (χ4v) is 3.88. The summed E-state index contributed by atoms with van der Waals surface area (Å²) in [5, 5.41) is 9.11. The zero-order valence-corrected chi connectivity index (χ0v) is 16.5. The van der Waals surface area contributed by atoms with Crippen LogP contribution in [0.2, 0.25) is 5.02 Å². The normalized spacial score (nSPS) is 25.6. The van der Waals surface area contributed by atoms with Gasteiger partial charge in [-0.3, -0.25) is 9.59 Å². The molecule has 1 aromatic carbocycles. The number of fused-ring (bicyclic) bond motifs is 1. The second-order valence-corrected chi connectivity index (χ2v) is 7.80. The predicted octanol–water partition coefficient (Wildman–Crippen LogP) is 2.28. The first-order chi connectivity index (χ1) is 12.8. The van der Waals surface area contributed by atoms with Crippen LogP contribution in [0.15, 0.2) is 18.2 Å². The van der Waals surface area contributed by atoms with Crippen molar-refractivity contribution < 1.29 is 14.4 Å². The lowest BCUT2D eigenvalue weighted by molar-refractivity contribution is -0.148. The lowest BCUT2D eigenvalue weighted by atomic mass is 9.95. The van der Waals surface area contributed by atoms with Gasteiger partial charge in [0.05, 0.1) is 6.04 Å². The number of nitrogens with one attached hydrogen (secondary N) is 3. The summed E-state index contributed by atoms with van der Waals surface area (Å²) >= 11 is 5.93. The van der Waals surface area contributed by atoms with Gasteiger partial charge in [0.15, 0.2) is 0 Å². The summed E-state index contributed by atoms with van der Waals surface area (Å²) in [5.74, 6) is -0.129. The van der Waals surface area contributed by atoms with Gasteiger partial charge in [-0.05, 0) is 43.0 Å². The summed E-state index contributed by atoms with van der Waals surface area (Å²) < 4.78 is 0. The first-order valence-electron chi connectivity index (χ1n) is 9.24. The number of aryl methyl sites for hydroxylation is 1. The molecule has 4 atom stereocenters. The van der Waals surface area contributed by atoms with Crippen molar-refractivity contribution in [2.45, 2.75) is 51.7 Å². The van der Waals surface area contributed by atoms with Gasteiger partial charge in [-0.15, -0.1) is 0 Å². The Labute approximate surface area is 163 Å². The van der Waals surface area contributed by atoms with Crippen LogP contribution < -0.4 is 16.0 Å². The lowest BCUT2D eigenvalue weighted by Crippen LogP contribution is -2.62. The number of nitrogens with zero attached hydrogens (tertiary/aromatic N) is 1. The molecule has 0 aliphatic carbocycles. The number of anilines is 1. The molecule has 2 aliphatic rings. The van der Waals surface area contributed by atoms with Crippen molar-refractivity contribution in [1.29, 1.82) is 0 Å². The van der Waals surface area contributed by atoms with Crippen LogP contribution >= 0.6 is 11.6 Å². The van der Waals surface area contributed by atoms with Crippen LogP contribution in [0.4, 0.5) is 10.5 Å². The van der Waals surface area contributed by atoms with Crippen molar-refractivity contribution in [1.82, 2.24) is 15.5 Å². The average Bonchev–Trinajstić information content (AvgIpc) is 3.04. The van der Waals surface area contributed by atoms with E-state index in [9.17, 15) is 14.4 Å². The minimum atomic E-state index is -0.514. The Balaban J connectivity index is 1.62. The molecule has 27 heavy (non-hydrogen) atoms. The molecule has 2 fully saturated rings. The maximum atomic E-state index is 12.7. The first kappa shape index (κ1) is 19.5. The van der Waals surface area contributed by atoms with Crippen molar-refractivity contribution >= 4 is 35.1 Å². The number of piperazine rings is 1. The molecule has 2 aliphatic heterocycles. The highest BCUT2D eigenvalue weighted by molar-refractivity contribution is 6.30. The molecule has 0 saturated carbocycles. The smallest absolute Gasteiger partial charge is 0.319 e. The maximum Gasteiger partial charge on any atom is 0.319 e. The fraction of sp³-hybridized carbons (Fsp3) is 0.526. The van der Waals surface area contributed by atoms with Crippen LogP contribution in [-0.4, -0.2) is 47.4 Å². The molecule has 2 saturated heterocycles. The van der Waals surface area contributed by atoms with E-state index >= 15 is 0 Å². The standard InChI is InChI=1S/C19H25ClN4O3/c1-4-10(2)16-18(26)24-9-13(8-15(24)17(25)23-16)21-19(27)22-14-6-5-12(20)7-11(14)3/h5-7,10,13,15-16H,4,8-9H2,1-3H3,(H,23,25)(H2,21,22,27)/t10-,13-,15-,16-/m0/s1. The molecule has 1 aromatic rings. The number of halogens is 1. The van der Waals surface area contributed by atoms with Crippen molar-refractivity contribution in [2.24, 2.45) is 5.92 Å². The van der Waals surface area contributed by atoms with E-state index in [-0.39, 0.29) is 29.8 Å². The summed E-state index contributed by atoms with van der Waals surface area (Å²) in [6, 6.07) is 3.58. The zero-order chi connectivity index (χ0) is 19.7. The predicted molar refractivity (Wildman–Crippen MR) is 104 cm³/mol. The zero-order valence-electron chi connectivity index (χ0n) is 15.7. The highest BCUT2D eigenvalue weighted by Gasteiger charge is 2.47. The van der Waals surface area contributed by atoms with Crippen LogP contribution in [0.5, 0.6) is 0 Å². The van der Waals surface area contributed by atoms with Crippen molar-refractivity contribution in [2.75, 3.05) is 11.9 Å². The van der Waals surface area contributed by atoms with Crippen molar-refractivity contribution in [3.8, 4) is 0 Å². The second kappa shape index (κ2) is 7.76. The number of carbonyl (C=O) groups excluding carboxylic acids is 3. The molecule has 0 radical (unpaired) electrons. The van der Waals surface area contributed by atoms with E-state index in [4.69, 9.17) is 11.6 Å². The van der Waals surface area contributed by atoms with Gasteiger partial charge in [-0.2, -0.15) is 0 Å². The monoisotopic (exact) mass is 392 g/mol. The summed E-state index contributed by atoms with van der Waals surface area (Å²) in [5.41, 5.74) is 1.52. The third-order valence-electron chi connectivity index (χ3n) is 5.44. The van der Waals surface area contributed by atoms with E-state index in [0.29, 0.717) is 23.7 Å². The van der Waals surface area contributed by atoms with E-state index in [0.717, 1.165) is 12.0 Å². The van der Waals surface area contributed by atoms with E-state index in [1.165, 1.54) is 0 Å². The summed E-state index contributed by atoms with van der Waals surface area (Å²) in [7, 11) is 0. The van der Waals surface area contributed by atoms with Gasteiger partial charge in [0.2, 0.25) is 11.8 Å². The number of rotatable bonds is 4. The van der Waals surface area contributed by atoms with Crippen LogP contribution in [0, 0.1) is 12.8 Å². The maximum absolute atomic E-state index is 12.7. The Bertz CT molecular complexity index is 769. The van der Waals surface area contributed by atoms with Crippen molar-refractivity contribution in [3.63, 3.8) is 0 Å². The van der Waals surface area contributed by atoms with Gasteiger partial charge in [-0.1, -0.05) is 31.9 Å². The molecular formula is C19H25ClN4O3. The number of amides is 4. The molecule has 146 valence electrons. The Morgan fingerprint density at radius 1 is 1.41 bits per heavy atom. The van der Waals surface area contributed by atoms with Crippen LogP contribution in [0.3, 0.4) is 0 Å². The molecule has 2 heterocycles. The number of benzene rings is 1. The van der Waals surface area contributed by atoms with Gasteiger partial charge < -0.3 is 20.9 Å². The van der Waals surface area contributed by atoms with E-state index in [2.05, 4.69) is 16.0 Å². The third-order valence-corrected chi connectivity index (χ3v) is 5.67. The molecule has 0 unspecified atom stereocenters. The van der Waals surface area contributed by atoms with E-state index in [1.807, 2.05) is 20.8 Å². The second-order valence-electron chi connectivity index (χ2n) is 7.37. The molecule has 7 nitrogen and oxygen atoms in total. The third kappa shape index (κ3) is 4.03. The van der Waals surface area contributed by atoms with E-state index in [1.54, 1.807) is 23.1 Å². The van der Waals surface area contributed by atoms with Gasteiger partial charge in [0, 0.05) is 17.3 Å². The first-order valence-corrected chi connectivity index (χ1v) is 9.62. The number of hydrogen-bond acceptors (Lipinski definition) is 3. The highest BCUT2D eigenvalue weighted by Crippen LogP contribution is 2.26. The summed E-state index contributed by atoms with van der Waals surface area (Å²) in [6.07, 6.45) is 1.22. The Morgan fingerprint density at radius 2 is 2.15 bits per heavy atom. The minimum Gasteiger partial charge on any atom is -0.342 e. The molecule has 0 spiro atoms. The number of hydrogen-bond donors (Lipinski definition) is 3.